The standard InChI is InChI=1S/C23H26N2O3/c1-23(2,18-8-4-3-5-9-18)28-22(26)21-19-10-6-7-11-20(19)25(24-21)16-17-12-14-27-15-13-17/h3-11,17H,12-16H2,1-2H3. The van der Waals surface area contributed by atoms with Crippen LogP contribution < -0.4 is 0 Å². The van der Waals surface area contributed by atoms with Gasteiger partial charge in [0.1, 0.15) is 5.60 Å². The molecule has 0 saturated carbocycles. The van der Waals surface area contributed by atoms with E-state index in [1.165, 1.54) is 0 Å². The number of hydrogen-bond acceptors (Lipinski definition) is 4. The molecule has 0 N–H and O–H groups in total. The van der Waals surface area contributed by atoms with Crippen LogP contribution in [0.2, 0.25) is 0 Å². The van der Waals surface area contributed by atoms with Crippen LogP contribution in [-0.2, 0) is 21.6 Å². The molecular formula is C23H26N2O3. The molecule has 1 fully saturated rings. The molecule has 0 atom stereocenters. The third-order valence-corrected chi connectivity index (χ3v) is 5.44. The molecule has 1 aromatic heterocycles. The summed E-state index contributed by atoms with van der Waals surface area (Å²) in [5.41, 5.74) is 1.57. The molecule has 0 aliphatic carbocycles. The molecule has 5 nitrogen and oxygen atoms in total. The zero-order valence-corrected chi connectivity index (χ0v) is 16.4. The normalized spacial score (nSPS) is 15.6. The second kappa shape index (κ2) is 7.76. The van der Waals surface area contributed by atoms with Crippen LogP contribution in [0.5, 0.6) is 0 Å². The predicted molar refractivity (Wildman–Crippen MR) is 108 cm³/mol. The summed E-state index contributed by atoms with van der Waals surface area (Å²) in [7, 11) is 0. The van der Waals surface area contributed by atoms with Gasteiger partial charge in [0.05, 0.1) is 5.52 Å². The Kier molecular flexibility index (Phi) is 5.18. The molecule has 4 rings (SSSR count). The maximum Gasteiger partial charge on any atom is 0.360 e. The Hall–Kier alpha value is -2.66. The SMILES string of the molecule is CC(C)(OC(=O)c1nn(CC2CCOCC2)c2ccccc12)c1ccccc1. The lowest BCUT2D eigenvalue weighted by Gasteiger charge is -2.25. The van der Waals surface area contributed by atoms with Gasteiger partial charge in [-0.05, 0) is 44.2 Å². The van der Waals surface area contributed by atoms with E-state index in [-0.39, 0.29) is 0 Å². The van der Waals surface area contributed by atoms with E-state index in [0.717, 1.165) is 49.1 Å². The van der Waals surface area contributed by atoms with Crippen molar-refractivity contribution in [3.63, 3.8) is 0 Å². The van der Waals surface area contributed by atoms with E-state index >= 15 is 0 Å². The second-order valence-electron chi connectivity index (χ2n) is 7.87. The Bertz CT molecular complexity index is 956. The molecule has 28 heavy (non-hydrogen) atoms. The highest BCUT2D eigenvalue weighted by Crippen LogP contribution is 2.28. The number of benzene rings is 2. The fourth-order valence-electron chi connectivity index (χ4n) is 3.77. The van der Waals surface area contributed by atoms with Crippen LogP contribution >= 0.6 is 0 Å². The Balaban J connectivity index is 1.62. The molecule has 0 bridgehead atoms. The summed E-state index contributed by atoms with van der Waals surface area (Å²) in [6, 6.07) is 17.6. The van der Waals surface area contributed by atoms with Crippen molar-refractivity contribution in [2.45, 2.75) is 38.8 Å². The van der Waals surface area contributed by atoms with E-state index in [2.05, 4.69) is 5.10 Å². The molecule has 1 aliphatic heterocycles. The number of carbonyl (C=O) groups is 1. The van der Waals surface area contributed by atoms with Crippen molar-refractivity contribution in [2.75, 3.05) is 13.2 Å². The first-order chi connectivity index (χ1) is 13.5. The van der Waals surface area contributed by atoms with Gasteiger partial charge in [-0.2, -0.15) is 5.10 Å². The molecule has 0 amide bonds. The van der Waals surface area contributed by atoms with Crippen LogP contribution in [0.4, 0.5) is 0 Å². The lowest BCUT2D eigenvalue weighted by molar-refractivity contribution is -0.00371. The molecule has 2 aromatic carbocycles. The molecule has 0 spiro atoms. The maximum absolute atomic E-state index is 13.0. The largest absolute Gasteiger partial charge is 0.450 e. The minimum atomic E-state index is -0.732. The third kappa shape index (κ3) is 3.80. The number of ether oxygens (including phenoxy) is 2. The van der Waals surface area contributed by atoms with Crippen molar-refractivity contribution in [1.29, 1.82) is 0 Å². The van der Waals surface area contributed by atoms with Crippen LogP contribution in [0.1, 0.15) is 42.7 Å². The smallest absolute Gasteiger partial charge is 0.360 e. The Labute approximate surface area is 165 Å². The summed E-state index contributed by atoms with van der Waals surface area (Å²) < 4.78 is 13.3. The first-order valence-corrected chi connectivity index (χ1v) is 9.87. The van der Waals surface area contributed by atoms with Gasteiger partial charge in [0.25, 0.3) is 0 Å². The van der Waals surface area contributed by atoms with E-state index in [0.29, 0.717) is 11.6 Å². The molecule has 0 radical (unpaired) electrons. The quantitative estimate of drug-likeness (QED) is 0.611. The van der Waals surface area contributed by atoms with Gasteiger partial charge in [-0.3, -0.25) is 4.68 Å². The zero-order valence-electron chi connectivity index (χ0n) is 16.4. The molecular weight excluding hydrogens is 352 g/mol. The van der Waals surface area contributed by atoms with Gasteiger partial charge in [-0.25, -0.2) is 4.79 Å². The number of nitrogens with zero attached hydrogens (tertiary/aromatic N) is 2. The number of para-hydroxylation sites is 1. The fraction of sp³-hybridized carbons (Fsp3) is 0.391. The Morgan fingerprint density at radius 3 is 2.54 bits per heavy atom. The minimum absolute atomic E-state index is 0.381. The molecule has 3 aromatic rings. The van der Waals surface area contributed by atoms with Crippen molar-refractivity contribution >= 4 is 16.9 Å². The van der Waals surface area contributed by atoms with Crippen molar-refractivity contribution in [3.05, 3.63) is 65.9 Å². The van der Waals surface area contributed by atoms with Crippen molar-refractivity contribution in [3.8, 4) is 0 Å². The highest BCUT2D eigenvalue weighted by molar-refractivity contribution is 6.02. The van der Waals surface area contributed by atoms with Gasteiger partial charge in [0.15, 0.2) is 5.69 Å². The number of esters is 1. The topological polar surface area (TPSA) is 53.3 Å². The average Bonchev–Trinajstić information content (AvgIpc) is 3.08. The molecule has 146 valence electrons. The van der Waals surface area contributed by atoms with Crippen LogP contribution in [0.15, 0.2) is 54.6 Å². The zero-order chi connectivity index (χ0) is 19.6. The lowest BCUT2D eigenvalue weighted by atomic mass is 9.98. The molecule has 1 aliphatic rings. The first kappa shape index (κ1) is 18.7. The minimum Gasteiger partial charge on any atom is -0.450 e. The summed E-state index contributed by atoms with van der Waals surface area (Å²) in [4.78, 5) is 13.0. The Morgan fingerprint density at radius 1 is 1.11 bits per heavy atom. The molecule has 5 heteroatoms. The van der Waals surface area contributed by atoms with Crippen molar-refractivity contribution in [1.82, 2.24) is 9.78 Å². The predicted octanol–water partition coefficient (Wildman–Crippen LogP) is 4.56. The average molecular weight is 378 g/mol. The van der Waals surface area contributed by atoms with E-state index in [1.807, 2.05) is 73.1 Å². The molecule has 2 heterocycles. The van der Waals surface area contributed by atoms with Crippen LogP contribution in [0.3, 0.4) is 0 Å². The highest BCUT2D eigenvalue weighted by Gasteiger charge is 2.29. The summed E-state index contributed by atoms with van der Waals surface area (Å²) in [5, 5.41) is 5.50. The number of hydrogen-bond donors (Lipinski definition) is 0. The number of carbonyl (C=O) groups excluding carboxylic acids is 1. The van der Waals surface area contributed by atoms with Gasteiger partial charge in [-0.1, -0.05) is 48.5 Å². The summed E-state index contributed by atoms with van der Waals surface area (Å²) >= 11 is 0. The van der Waals surface area contributed by atoms with Crippen molar-refractivity contribution in [2.24, 2.45) is 5.92 Å². The van der Waals surface area contributed by atoms with Crippen LogP contribution in [0, 0.1) is 5.92 Å². The van der Waals surface area contributed by atoms with E-state index < -0.39 is 11.6 Å². The van der Waals surface area contributed by atoms with Crippen LogP contribution in [-0.4, -0.2) is 29.0 Å². The van der Waals surface area contributed by atoms with Crippen LogP contribution in [0.25, 0.3) is 10.9 Å². The maximum atomic E-state index is 13.0. The number of aromatic nitrogens is 2. The number of rotatable bonds is 5. The van der Waals surface area contributed by atoms with Gasteiger partial charge in [0, 0.05) is 25.1 Å². The monoisotopic (exact) mass is 378 g/mol. The van der Waals surface area contributed by atoms with Gasteiger partial charge >= 0.3 is 5.97 Å². The lowest BCUT2D eigenvalue weighted by Crippen LogP contribution is -2.26. The number of fused-ring (bicyclic) bond motifs is 1. The van der Waals surface area contributed by atoms with Crippen molar-refractivity contribution < 1.29 is 14.3 Å². The van der Waals surface area contributed by atoms with Gasteiger partial charge in [0.2, 0.25) is 0 Å². The highest BCUT2D eigenvalue weighted by atomic mass is 16.6. The van der Waals surface area contributed by atoms with E-state index in [1.54, 1.807) is 0 Å². The van der Waals surface area contributed by atoms with Gasteiger partial charge in [-0.15, -0.1) is 0 Å². The summed E-state index contributed by atoms with van der Waals surface area (Å²) in [5.74, 6) is 0.123. The summed E-state index contributed by atoms with van der Waals surface area (Å²) in [6.07, 6.45) is 2.05. The van der Waals surface area contributed by atoms with E-state index in [9.17, 15) is 4.79 Å². The molecule has 1 saturated heterocycles. The third-order valence-electron chi connectivity index (χ3n) is 5.44. The first-order valence-electron chi connectivity index (χ1n) is 9.87. The van der Waals surface area contributed by atoms with E-state index in [4.69, 9.17) is 9.47 Å². The Morgan fingerprint density at radius 2 is 1.79 bits per heavy atom. The molecule has 0 unspecified atom stereocenters. The fourth-order valence-corrected chi connectivity index (χ4v) is 3.77. The summed E-state index contributed by atoms with van der Waals surface area (Å²) in [6.45, 7) is 6.19. The second-order valence-corrected chi connectivity index (χ2v) is 7.87. The van der Waals surface area contributed by atoms with Gasteiger partial charge < -0.3 is 9.47 Å².